The third-order valence-corrected chi connectivity index (χ3v) is 4.94. The Hall–Kier alpha value is -3.58. The third-order valence-electron chi connectivity index (χ3n) is 4.94. The minimum Gasteiger partial charge on any atom is -0.457 e. The maximum atomic E-state index is 13.0. The minimum absolute atomic E-state index is 0.0721. The van der Waals surface area contributed by atoms with E-state index in [1.807, 2.05) is 38.1 Å². The van der Waals surface area contributed by atoms with Gasteiger partial charge in [-0.05, 0) is 73.0 Å². The number of hydrogen-bond donors (Lipinski definition) is 2. The van der Waals surface area contributed by atoms with Crippen LogP contribution < -0.4 is 10.1 Å². The van der Waals surface area contributed by atoms with Gasteiger partial charge in [-0.25, -0.2) is 4.39 Å². The van der Waals surface area contributed by atoms with Crippen LogP contribution in [-0.4, -0.2) is 34.4 Å². The standard InChI is InChI=1S/C26H27FN2O4/c1-17(2)14-24(29-26(32)16-30)25(31)15-20-4-3-5-23(28-20)18-6-10-21(11-7-18)33-22-12-8-19(27)9-13-22/h3-13,17,24,30H,14-16H2,1-2H3,(H,29,32)/t24-/m0/s1. The molecule has 0 unspecified atom stereocenters. The van der Waals surface area contributed by atoms with Gasteiger partial charge in [0.2, 0.25) is 5.91 Å². The molecule has 0 radical (unpaired) electrons. The number of nitrogens with zero attached hydrogens (tertiary/aromatic N) is 1. The Bertz CT molecular complexity index is 1080. The fraction of sp³-hybridized carbons (Fsp3) is 0.269. The summed E-state index contributed by atoms with van der Waals surface area (Å²) in [6.45, 7) is 3.28. The maximum Gasteiger partial charge on any atom is 0.246 e. The van der Waals surface area contributed by atoms with E-state index in [1.54, 1.807) is 30.3 Å². The summed E-state index contributed by atoms with van der Waals surface area (Å²) in [6, 6.07) is 17.9. The number of benzene rings is 2. The number of ether oxygens (including phenoxy) is 1. The zero-order chi connectivity index (χ0) is 23.8. The van der Waals surface area contributed by atoms with Gasteiger partial charge < -0.3 is 15.2 Å². The van der Waals surface area contributed by atoms with E-state index in [9.17, 15) is 14.0 Å². The molecule has 2 N–H and O–H groups in total. The second-order valence-corrected chi connectivity index (χ2v) is 8.15. The number of amides is 1. The molecule has 0 saturated carbocycles. The van der Waals surface area contributed by atoms with Crippen molar-refractivity contribution in [3.63, 3.8) is 0 Å². The molecule has 6 nitrogen and oxygen atoms in total. The van der Waals surface area contributed by atoms with Crippen LogP contribution in [0.1, 0.15) is 26.0 Å². The van der Waals surface area contributed by atoms with Crippen molar-refractivity contribution in [3.05, 3.63) is 78.2 Å². The highest BCUT2D eigenvalue weighted by Gasteiger charge is 2.22. The highest BCUT2D eigenvalue weighted by atomic mass is 19.1. The number of aliphatic hydroxyl groups is 1. The number of carbonyl (C=O) groups is 2. The summed E-state index contributed by atoms with van der Waals surface area (Å²) in [5, 5.41) is 11.6. The summed E-state index contributed by atoms with van der Waals surface area (Å²) in [6.07, 6.45) is 0.558. The lowest BCUT2D eigenvalue weighted by Crippen LogP contribution is -2.43. The van der Waals surface area contributed by atoms with E-state index < -0.39 is 18.6 Å². The number of halogens is 1. The summed E-state index contributed by atoms with van der Waals surface area (Å²) < 4.78 is 18.8. The number of Topliss-reactive ketones (excluding diaryl/α,β-unsaturated/α-hetero) is 1. The summed E-state index contributed by atoms with van der Waals surface area (Å²) in [5.74, 6) is 0.290. The Morgan fingerprint density at radius 3 is 2.24 bits per heavy atom. The fourth-order valence-electron chi connectivity index (χ4n) is 3.36. The average molecular weight is 451 g/mol. The Morgan fingerprint density at radius 2 is 1.64 bits per heavy atom. The van der Waals surface area contributed by atoms with Crippen molar-refractivity contribution >= 4 is 11.7 Å². The van der Waals surface area contributed by atoms with Crippen molar-refractivity contribution in [3.8, 4) is 22.8 Å². The molecule has 3 rings (SSSR count). The van der Waals surface area contributed by atoms with E-state index in [2.05, 4.69) is 10.3 Å². The Morgan fingerprint density at radius 1 is 1.00 bits per heavy atom. The van der Waals surface area contributed by atoms with E-state index >= 15 is 0 Å². The highest BCUT2D eigenvalue weighted by Crippen LogP contribution is 2.25. The number of carbonyl (C=O) groups excluding carboxylic acids is 2. The average Bonchev–Trinajstić information content (AvgIpc) is 2.80. The number of rotatable bonds is 10. The maximum absolute atomic E-state index is 13.0. The molecule has 0 aliphatic rings. The van der Waals surface area contributed by atoms with Crippen molar-refractivity contribution in [2.45, 2.75) is 32.7 Å². The molecule has 33 heavy (non-hydrogen) atoms. The number of aromatic nitrogens is 1. The number of ketones is 1. The van der Waals surface area contributed by atoms with Crippen LogP contribution in [0.5, 0.6) is 11.5 Å². The molecular formula is C26H27FN2O4. The summed E-state index contributed by atoms with van der Waals surface area (Å²) in [4.78, 5) is 29.0. The molecule has 3 aromatic rings. The van der Waals surface area contributed by atoms with Crippen LogP contribution in [0.15, 0.2) is 66.7 Å². The van der Waals surface area contributed by atoms with Crippen molar-refractivity contribution in [1.29, 1.82) is 0 Å². The molecular weight excluding hydrogens is 423 g/mol. The van der Waals surface area contributed by atoms with Crippen molar-refractivity contribution in [2.24, 2.45) is 5.92 Å². The molecule has 7 heteroatoms. The zero-order valence-corrected chi connectivity index (χ0v) is 18.6. The van der Waals surface area contributed by atoms with E-state index in [0.717, 1.165) is 5.56 Å². The first kappa shape index (κ1) is 24.1. The lowest BCUT2D eigenvalue weighted by Gasteiger charge is -2.19. The number of aliphatic hydroxyl groups excluding tert-OH is 1. The lowest BCUT2D eigenvalue weighted by molar-refractivity contribution is -0.129. The van der Waals surface area contributed by atoms with Gasteiger partial charge in [-0.3, -0.25) is 14.6 Å². The van der Waals surface area contributed by atoms with Gasteiger partial charge in [0.15, 0.2) is 5.78 Å². The van der Waals surface area contributed by atoms with E-state index in [-0.39, 0.29) is 23.9 Å². The monoisotopic (exact) mass is 450 g/mol. The van der Waals surface area contributed by atoms with E-state index in [0.29, 0.717) is 29.3 Å². The van der Waals surface area contributed by atoms with Crippen molar-refractivity contribution in [2.75, 3.05) is 6.61 Å². The molecule has 0 spiro atoms. The van der Waals surface area contributed by atoms with Crippen LogP contribution in [0.3, 0.4) is 0 Å². The van der Waals surface area contributed by atoms with Gasteiger partial charge in [0.1, 0.15) is 23.9 Å². The quantitative estimate of drug-likeness (QED) is 0.480. The van der Waals surface area contributed by atoms with Gasteiger partial charge in [-0.1, -0.05) is 19.9 Å². The topological polar surface area (TPSA) is 88.5 Å². The first-order chi connectivity index (χ1) is 15.8. The Kier molecular flexibility index (Phi) is 8.27. The second kappa shape index (κ2) is 11.3. The molecule has 0 aliphatic carbocycles. The third kappa shape index (κ3) is 7.22. The van der Waals surface area contributed by atoms with Crippen LogP contribution in [-0.2, 0) is 16.0 Å². The van der Waals surface area contributed by atoms with Gasteiger partial charge >= 0.3 is 0 Å². The number of nitrogens with one attached hydrogen (secondary N) is 1. The van der Waals surface area contributed by atoms with Gasteiger partial charge in [-0.2, -0.15) is 0 Å². The predicted octanol–water partition coefficient (Wildman–Crippen LogP) is 4.31. The zero-order valence-electron chi connectivity index (χ0n) is 18.6. The first-order valence-corrected chi connectivity index (χ1v) is 10.8. The lowest BCUT2D eigenvalue weighted by atomic mass is 9.97. The Labute approximate surface area is 192 Å². The first-order valence-electron chi connectivity index (χ1n) is 10.8. The summed E-state index contributed by atoms with van der Waals surface area (Å²) in [7, 11) is 0. The normalized spacial score (nSPS) is 11.8. The van der Waals surface area contributed by atoms with Gasteiger partial charge in [0, 0.05) is 11.3 Å². The molecule has 0 bridgehead atoms. The van der Waals surface area contributed by atoms with E-state index in [4.69, 9.17) is 9.84 Å². The van der Waals surface area contributed by atoms with Crippen LogP contribution >= 0.6 is 0 Å². The van der Waals surface area contributed by atoms with Crippen molar-refractivity contribution < 1.29 is 23.8 Å². The van der Waals surface area contributed by atoms with Crippen LogP contribution in [0, 0.1) is 11.7 Å². The van der Waals surface area contributed by atoms with Crippen LogP contribution in [0.2, 0.25) is 0 Å². The largest absolute Gasteiger partial charge is 0.457 e. The highest BCUT2D eigenvalue weighted by molar-refractivity contribution is 5.90. The predicted molar refractivity (Wildman–Crippen MR) is 123 cm³/mol. The van der Waals surface area contributed by atoms with Gasteiger partial charge in [0.25, 0.3) is 0 Å². The van der Waals surface area contributed by atoms with Crippen LogP contribution in [0.25, 0.3) is 11.3 Å². The molecule has 1 atom stereocenters. The van der Waals surface area contributed by atoms with E-state index in [1.165, 1.54) is 12.1 Å². The summed E-state index contributed by atoms with van der Waals surface area (Å²) >= 11 is 0. The molecule has 0 aliphatic heterocycles. The number of pyridine rings is 1. The fourth-order valence-corrected chi connectivity index (χ4v) is 3.36. The molecule has 0 fully saturated rings. The SMILES string of the molecule is CC(C)C[C@H](NC(=O)CO)C(=O)Cc1cccc(-c2ccc(Oc3ccc(F)cc3)cc2)n1. The molecule has 2 aromatic carbocycles. The minimum atomic E-state index is -0.669. The van der Waals surface area contributed by atoms with Gasteiger partial charge in [0.05, 0.1) is 18.2 Å². The molecule has 172 valence electrons. The van der Waals surface area contributed by atoms with Crippen molar-refractivity contribution in [1.82, 2.24) is 10.3 Å². The molecule has 1 amide bonds. The summed E-state index contributed by atoms with van der Waals surface area (Å²) in [5.41, 5.74) is 2.15. The smallest absolute Gasteiger partial charge is 0.246 e. The molecule has 1 heterocycles. The molecule has 1 aromatic heterocycles. The van der Waals surface area contributed by atoms with Gasteiger partial charge in [-0.15, -0.1) is 0 Å². The van der Waals surface area contributed by atoms with Crippen LogP contribution in [0.4, 0.5) is 4.39 Å². The Balaban J connectivity index is 1.69. The molecule has 0 saturated heterocycles. The number of hydrogen-bond acceptors (Lipinski definition) is 5. The second-order valence-electron chi connectivity index (χ2n) is 8.15.